The average molecular weight is 434 g/mol. The zero-order chi connectivity index (χ0) is 22.9. The first-order valence-corrected chi connectivity index (χ1v) is 9.60. The predicted octanol–water partition coefficient (Wildman–Crippen LogP) is 2.11. The van der Waals surface area contributed by atoms with Crippen LogP contribution in [0.3, 0.4) is 0 Å². The van der Waals surface area contributed by atoms with E-state index >= 15 is 0 Å². The van der Waals surface area contributed by atoms with Gasteiger partial charge in [0.05, 0.1) is 0 Å². The molecule has 3 aromatic rings. The number of nitrogens with two attached hydrogens (primary N) is 2. The molecule has 0 unspecified atom stereocenters. The van der Waals surface area contributed by atoms with E-state index in [0.29, 0.717) is 12.2 Å². The number of aromatic amines is 1. The maximum absolute atomic E-state index is 12.4. The minimum atomic E-state index is -0.946. The van der Waals surface area contributed by atoms with E-state index in [2.05, 4.69) is 20.6 Å². The van der Waals surface area contributed by atoms with Crippen molar-refractivity contribution in [3.05, 3.63) is 89.2 Å². The Bertz CT molecular complexity index is 1140. The lowest BCUT2D eigenvalue weighted by Gasteiger charge is -2.06. The second-order valence-electron chi connectivity index (χ2n) is 6.64. The molecule has 32 heavy (non-hydrogen) atoms. The van der Waals surface area contributed by atoms with Crippen molar-refractivity contribution in [1.82, 2.24) is 10.3 Å². The molecule has 0 atom stereocenters. The van der Waals surface area contributed by atoms with Crippen molar-refractivity contribution >= 4 is 29.6 Å². The summed E-state index contributed by atoms with van der Waals surface area (Å²) in [6.07, 6.45) is -0.946. The summed E-state index contributed by atoms with van der Waals surface area (Å²) >= 11 is 0. The molecule has 10 nitrogen and oxygen atoms in total. The van der Waals surface area contributed by atoms with Gasteiger partial charge in [0.2, 0.25) is 5.96 Å². The van der Waals surface area contributed by atoms with Crippen LogP contribution in [-0.4, -0.2) is 28.9 Å². The van der Waals surface area contributed by atoms with E-state index in [0.717, 1.165) is 11.1 Å². The third-order valence-electron chi connectivity index (χ3n) is 4.25. The van der Waals surface area contributed by atoms with Gasteiger partial charge in [-0.05, 0) is 35.4 Å². The van der Waals surface area contributed by atoms with Gasteiger partial charge in [0, 0.05) is 12.2 Å². The molecule has 164 valence electrons. The van der Waals surface area contributed by atoms with Crippen molar-refractivity contribution in [1.29, 1.82) is 0 Å². The molecular weight excluding hydrogens is 412 g/mol. The summed E-state index contributed by atoms with van der Waals surface area (Å²) in [4.78, 5) is 42.6. The Morgan fingerprint density at radius 1 is 0.906 bits per heavy atom. The lowest BCUT2D eigenvalue weighted by molar-refractivity contribution is 0.0972. The number of carbonyl (C=O) groups excluding carboxylic acids is 3. The molecule has 3 rings (SSSR count). The third kappa shape index (κ3) is 6.28. The van der Waals surface area contributed by atoms with Gasteiger partial charge in [0.25, 0.3) is 11.8 Å². The Labute approximate surface area is 183 Å². The highest BCUT2D eigenvalue weighted by molar-refractivity contribution is 6.08. The van der Waals surface area contributed by atoms with Gasteiger partial charge in [-0.25, -0.2) is 4.79 Å². The quantitative estimate of drug-likeness (QED) is 0.294. The number of benzene rings is 2. The lowest BCUT2D eigenvalue weighted by Crippen LogP contribution is -2.37. The van der Waals surface area contributed by atoms with Crippen LogP contribution in [0.25, 0.3) is 0 Å². The molecule has 0 aliphatic carbocycles. The maximum Gasteiger partial charge on any atom is 0.437 e. The Balaban J connectivity index is 1.54. The first-order chi connectivity index (χ1) is 15.4. The second-order valence-corrected chi connectivity index (χ2v) is 6.64. The molecular formula is C22H22N6O4. The van der Waals surface area contributed by atoms with Crippen molar-refractivity contribution in [3.63, 3.8) is 0 Å². The first kappa shape index (κ1) is 22.2. The fourth-order valence-corrected chi connectivity index (χ4v) is 2.70. The Morgan fingerprint density at radius 3 is 2.31 bits per heavy atom. The fourth-order valence-electron chi connectivity index (χ4n) is 2.70. The van der Waals surface area contributed by atoms with Gasteiger partial charge >= 0.3 is 6.09 Å². The molecule has 0 aliphatic rings. The number of ether oxygens (including phenoxy) is 1. The van der Waals surface area contributed by atoms with E-state index in [-0.39, 0.29) is 18.0 Å². The number of hydrogen-bond acceptors (Lipinski definition) is 5. The topological polar surface area (TPSA) is 165 Å². The van der Waals surface area contributed by atoms with E-state index in [1.165, 1.54) is 12.1 Å². The Hall–Kier alpha value is -4.44. The van der Waals surface area contributed by atoms with E-state index in [4.69, 9.17) is 16.2 Å². The first-order valence-electron chi connectivity index (χ1n) is 9.60. The number of aliphatic imine (C=N–C) groups is 1. The number of H-pyrrole nitrogens is 1. The molecule has 3 amide bonds. The van der Waals surface area contributed by atoms with Gasteiger partial charge < -0.3 is 26.5 Å². The summed E-state index contributed by atoms with van der Waals surface area (Å²) in [5, 5.41) is 4.97. The molecule has 0 fully saturated rings. The van der Waals surface area contributed by atoms with Gasteiger partial charge in [-0.3, -0.25) is 14.9 Å². The molecule has 7 N–H and O–H groups in total. The van der Waals surface area contributed by atoms with Crippen LogP contribution in [-0.2, 0) is 17.9 Å². The smallest absolute Gasteiger partial charge is 0.437 e. The molecule has 0 saturated heterocycles. The van der Waals surface area contributed by atoms with Crippen LogP contribution in [0.15, 0.2) is 71.7 Å². The lowest BCUT2D eigenvalue weighted by atomic mass is 10.2. The normalized spacial score (nSPS) is 11.0. The molecule has 0 spiro atoms. The van der Waals surface area contributed by atoms with Crippen LogP contribution in [0.4, 0.5) is 10.5 Å². The summed E-state index contributed by atoms with van der Waals surface area (Å²) in [6.45, 7) is 0.368. The molecule has 0 aliphatic heterocycles. The largest absolute Gasteiger partial charge is 0.443 e. The van der Waals surface area contributed by atoms with E-state index in [1.54, 1.807) is 30.3 Å². The van der Waals surface area contributed by atoms with Gasteiger partial charge in [-0.2, -0.15) is 0 Å². The highest BCUT2D eigenvalue weighted by Crippen LogP contribution is 2.12. The Morgan fingerprint density at radius 2 is 1.59 bits per heavy atom. The highest BCUT2D eigenvalue weighted by atomic mass is 16.5. The van der Waals surface area contributed by atoms with Crippen LogP contribution >= 0.6 is 0 Å². The monoisotopic (exact) mass is 434 g/mol. The number of guanidine groups is 1. The zero-order valence-corrected chi connectivity index (χ0v) is 17.0. The molecule has 0 radical (unpaired) electrons. The van der Waals surface area contributed by atoms with Crippen LogP contribution in [0.5, 0.6) is 0 Å². The molecule has 1 heterocycles. The van der Waals surface area contributed by atoms with Gasteiger partial charge in [-0.15, -0.1) is 4.99 Å². The zero-order valence-electron chi connectivity index (χ0n) is 17.0. The third-order valence-corrected chi connectivity index (χ3v) is 4.25. The van der Waals surface area contributed by atoms with Gasteiger partial charge in [0.1, 0.15) is 18.0 Å². The standard InChI is InChI=1S/C22H22N6O4/c23-12-15-7-4-8-16(11-15)25-19(29)17-9-10-18(26-17)20(30)27-21(24)28-22(31)32-13-14-5-2-1-3-6-14/h1-11,26H,12-13,23H2,(H,25,29)(H3,24,27,28,30,31). The van der Waals surface area contributed by atoms with Crippen molar-refractivity contribution < 1.29 is 19.1 Å². The van der Waals surface area contributed by atoms with Crippen molar-refractivity contribution in [2.24, 2.45) is 16.5 Å². The summed E-state index contributed by atoms with van der Waals surface area (Å²) in [7, 11) is 0. The molecule has 1 aromatic heterocycles. The summed E-state index contributed by atoms with van der Waals surface area (Å²) in [5.74, 6) is -1.55. The number of nitrogens with zero attached hydrogens (tertiary/aromatic N) is 1. The van der Waals surface area contributed by atoms with Crippen molar-refractivity contribution in [2.45, 2.75) is 13.2 Å². The van der Waals surface area contributed by atoms with Gasteiger partial charge in [-0.1, -0.05) is 42.5 Å². The van der Waals surface area contributed by atoms with Crippen LogP contribution < -0.4 is 22.1 Å². The number of anilines is 1. The number of hydrogen-bond donors (Lipinski definition) is 5. The molecule has 10 heteroatoms. The van der Waals surface area contributed by atoms with Gasteiger partial charge in [0.15, 0.2) is 0 Å². The minimum absolute atomic E-state index is 0.0215. The van der Waals surface area contributed by atoms with E-state index in [1.807, 2.05) is 24.3 Å². The van der Waals surface area contributed by atoms with E-state index in [9.17, 15) is 14.4 Å². The summed E-state index contributed by atoms with van der Waals surface area (Å²) in [6, 6.07) is 19.0. The predicted molar refractivity (Wildman–Crippen MR) is 119 cm³/mol. The van der Waals surface area contributed by atoms with Crippen molar-refractivity contribution in [3.8, 4) is 0 Å². The Kier molecular flexibility index (Phi) is 7.33. The summed E-state index contributed by atoms with van der Waals surface area (Å²) < 4.78 is 4.97. The number of carbonyl (C=O) groups is 3. The van der Waals surface area contributed by atoms with Crippen LogP contribution in [0, 0.1) is 0 Å². The summed E-state index contributed by atoms with van der Waals surface area (Å²) in [5.41, 5.74) is 13.6. The number of amides is 3. The second kappa shape index (κ2) is 10.5. The number of aromatic nitrogens is 1. The van der Waals surface area contributed by atoms with E-state index < -0.39 is 23.9 Å². The molecule has 0 saturated carbocycles. The SMILES string of the molecule is NCc1cccc(NC(=O)c2ccc(C(=O)NC(N)=NC(=O)OCc3ccccc3)[nH]2)c1. The van der Waals surface area contributed by atoms with Crippen molar-refractivity contribution in [2.75, 3.05) is 5.32 Å². The maximum atomic E-state index is 12.4. The average Bonchev–Trinajstić information content (AvgIpc) is 3.29. The van der Waals surface area contributed by atoms with Crippen LogP contribution in [0.2, 0.25) is 0 Å². The molecule has 2 aromatic carbocycles. The van der Waals surface area contributed by atoms with Crippen LogP contribution in [0.1, 0.15) is 32.1 Å². The highest BCUT2D eigenvalue weighted by Gasteiger charge is 2.14. The number of nitrogens with one attached hydrogen (secondary N) is 3. The minimum Gasteiger partial charge on any atom is -0.443 e. The molecule has 0 bridgehead atoms. The fraction of sp³-hybridized carbons (Fsp3) is 0.0909. The number of rotatable bonds is 6.